The molecule has 0 aromatic heterocycles. The summed E-state index contributed by atoms with van der Waals surface area (Å²) in [5.41, 5.74) is -0.00447. The van der Waals surface area contributed by atoms with E-state index in [0.29, 0.717) is 17.5 Å². The number of ether oxygens (including phenoxy) is 1. The van der Waals surface area contributed by atoms with Crippen LogP contribution in [0.2, 0.25) is 0 Å². The van der Waals surface area contributed by atoms with E-state index < -0.39 is 5.60 Å². The lowest BCUT2D eigenvalue weighted by Crippen LogP contribution is -2.44. The van der Waals surface area contributed by atoms with Gasteiger partial charge in [-0.1, -0.05) is 13.8 Å². The highest BCUT2D eigenvalue weighted by atomic mass is 32.2. The Morgan fingerprint density at radius 3 is 2.60 bits per heavy atom. The Labute approximate surface area is 126 Å². The Balaban J connectivity index is 1.69. The number of thioether (sulfide) groups is 1. The van der Waals surface area contributed by atoms with Crippen molar-refractivity contribution in [3.05, 3.63) is 0 Å². The lowest BCUT2D eigenvalue weighted by molar-refractivity contribution is 0.0521. The molecule has 2 N–H and O–H groups in total. The van der Waals surface area contributed by atoms with Gasteiger partial charge in [-0.15, -0.1) is 0 Å². The van der Waals surface area contributed by atoms with Crippen molar-refractivity contribution in [1.29, 1.82) is 0 Å². The summed E-state index contributed by atoms with van der Waals surface area (Å²) in [6, 6.07) is 1.22. The van der Waals surface area contributed by atoms with Crippen LogP contribution in [0.5, 0.6) is 0 Å². The van der Waals surface area contributed by atoms with Crippen LogP contribution in [-0.4, -0.2) is 41.3 Å². The molecule has 1 aliphatic heterocycles. The van der Waals surface area contributed by atoms with Crippen LogP contribution in [0, 0.1) is 5.41 Å². The molecule has 1 saturated carbocycles. The maximum atomic E-state index is 11.7. The molecule has 2 fully saturated rings. The van der Waals surface area contributed by atoms with E-state index in [1.807, 2.05) is 32.5 Å². The van der Waals surface area contributed by atoms with Gasteiger partial charge in [-0.05, 0) is 44.8 Å². The van der Waals surface area contributed by atoms with Crippen molar-refractivity contribution in [3.63, 3.8) is 0 Å². The maximum Gasteiger partial charge on any atom is 0.407 e. The highest BCUT2D eigenvalue weighted by Gasteiger charge is 2.41. The zero-order valence-electron chi connectivity index (χ0n) is 13.3. The van der Waals surface area contributed by atoms with E-state index in [0.717, 1.165) is 6.42 Å². The minimum Gasteiger partial charge on any atom is -0.444 e. The average molecular weight is 300 g/mol. The van der Waals surface area contributed by atoms with E-state index in [1.165, 1.54) is 17.9 Å². The molecule has 3 atom stereocenters. The quantitative estimate of drug-likeness (QED) is 0.841. The fraction of sp³-hybridized carbons (Fsp3) is 0.933. The van der Waals surface area contributed by atoms with Crippen LogP contribution in [0.15, 0.2) is 0 Å². The second-order valence-electron chi connectivity index (χ2n) is 7.84. The second kappa shape index (κ2) is 5.76. The lowest BCUT2D eigenvalue weighted by Gasteiger charge is -2.35. The SMILES string of the molecule is CC1(C)CSCC(NC2CC2NC(=O)OC(C)(C)C)C1. The Kier molecular flexibility index (Phi) is 4.59. The monoisotopic (exact) mass is 300 g/mol. The van der Waals surface area contributed by atoms with Gasteiger partial charge in [0.2, 0.25) is 0 Å². The Morgan fingerprint density at radius 2 is 2.00 bits per heavy atom. The van der Waals surface area contributed by atoms with Gasteiger partial charge in [-0.2, -0.15) is 11.8 Å². The van der Waals surface area contributed by atoms with Crippen molar-refractivity contribution in [1.82, 2.24) is 10.6 Å². The molecule has 116 valence electrons. The number of rotatable bonds is 3. The van der Waals surface area contributed by atoms with Gasteiger partial charge in [-0.25, -0.2) is 4.79 Å². The van der Waals surface area contributed by atoms with E-state index in [-0.39, 0.29) is 12.1 Å². The molecule has 1 saturated heterocycles. The lowest BCUT2D eigenvalue weighted by atomic mass is 9.88. The number of alkyl carbamates (subject to hydrolysis) is 1. The predicted octanol–water partition coefficient (Wildman–Crippen LogP) is 2.77. The van der Waals surface area contributed by atoms with E-state index in [2.05, 4.69) is 24.5 Å². The van der Waals surface area contributed by atoms with Gasteiger partial charge in [0, 0.05) is 23.9 Å². The van der Waals surface area contributed by atoms with Crippen molar-refractivity contribution >= 4 is 17.9 Å². The van der Waals surface area contributed by atoms with Crippen LogP contribution in [-0.2, 0) is 4.74 Å². The molecular formula is C15H28N2O2S. The van der Waals surface area contributed by atoms with Crippen LogP contribution < -0.4 is 10.6 Å². The first kappa shape index (κ1) is 16.0. The number of hydrogen-bond acceptors (Lipinski definition) is 4. The fourth-order valence-electron chi connectivity index (χ4n) is 2.67. The molecule has 20 heavy (non-hydrogen) atoms. The van der Waals surface area contributed by atoms with Gasteiger partial charge in [0.15, 0.2) is 0 Å². The number of carbonyl (C=O) groups is 1. The molecule has 1 amide bonds. The molecule has 1 heterocycles. The fourth-order valence-corrected chi connectivity index (χ4v) is 3.96. The molecular weight excluding hydrogens is 272 g/mol. The molecule has 2 aliphatic rings. The minimum absolute atomic E-state index is 0.236. The summed E-state index contributed by atoms with van der Waals surface area (Å²) in [5.74, 6) is 2.43. The molecule has 4 nitrogen and oxygen atoms in total. The molecule has 0 radical (unpaired) electrons. The summed E-state index contributed by atoms with van der Waals surface area (Å²) in [7, 11) is 0. The van der Waals surface area contributed by atoms with E-state index in [9.17, 15) is 4.79 Å². The van der Waals surface area contributed by atoms with Crippen molar-refractivity contribution in [2.45, 2.75) is 71.2 Å². The number of hydrogen-bond donors (Lipinski definition) is 2. The molecule has 0 spiro atoms. The maximum absolute atomic E-state index is 11.7. The molecule has 0 aromatic rings. The molecule has 3 unspecified atom stereocenters. The van der Waals surface area contributed by atoms with E-state index in [1.54, 1.807) is 0 Å². The zero-order valence-corrected chi connectivity index (χ0v) is 14.1. The second-order valence-corrected chi connectivity index (χ2v) is 8.87. The van der Waals surface area contributed by atoms with Crippen LogP contribution in [0.4, 0.5) is 4.79 Å². The van der Waals surface area contributed by atoms with Crippen molar-refractivity contribution in [3.8, 4) is 0 Å². The minimum atomic E-state index is -0.425. The molecule has 5 heteroatoms. The molecule has 2 rings (SSSR count). The molecule has 1 aliphatic carbocycles. The van der Waals surface area contributed by atoms with Crippen molar-refractivity contribution in [2.75, 3.05) is 11.5 Å². The number of nitrogens with one attached hydrogen (secondary N) is 2. The smallest absolute Gasteiger partial charge is 0.407 e. The van der Waals surface area contributed by atoms with Gasteiger partial charge in [-0.3, -0.25) is 0 Å². The summed E-state index contributed by atoms with van der Waals surface area (Å²) in [4.78, 5) is 11.7. The average Bonchev–Trinajstić information content (AvgIpc) is 2.90. The van der Waals surface area contributed by atoms with E-state index >= 15 is 0 Å². The summed E-state index contributed by atoms with van der Waals surface area (Å²) in [5, 5.41) is 6.62. The third kappa shape index (κ3) is 5.17. The summed E-state index contributed by atoms with van der Waals surface area (Å²) >= 11 is 2.03. The first-order chi connectivity index (χ1) is 9.15. The van der Waals surface area contributed by atoms with Gasteiger partial charge in [0.05, 0.1) is 0 Å². The zero-order chi connectivity index (χ0) is 15.0. The summed E-state index contributed by atoms with van der Waals surface area (Å²) < 4.78 is 5.28. The third-order valence-electron chi connectivity index (χ3n) is 3.55. The highest BCUT2D eigenvalue weighted by molar-refractivity contribution is 7.99. The van der Waals surface area contributed by atoms with E-state index in [4.69, 9.17) is 4.74 Å². The van der Waals surface area contributed by atoms with Gasteiger partial charge < -0.3 is 15.4 Å². The van der Waals surface area contributed by atoms with Gasteiger partial charge >= 0.3 is 6.09 Å². The first-order valence-corrected chi connectivity index (χ1v) is 8.63. The first-order valence-electron chi connectivity index (χ1n) is 7.48. The Hall–Kier alpha value is -0.420. The number of carbonyl (C=O) groups excluding carboxylic acids is 1. The van der Waals surface area contributed by atoms with Crippen LogP contribution in [0.3, 0.4) is 0 Å². The standard InChI is InChI=1S/C15H28N2O2S/c1-14(2,3)19-13(18)17-12-6-11(12)16-10-7-15(4,5)9-20-8-10/h10-12,16H,6-9H2,1-5H3,(H,17,18). The van der Waals surface area contributed by atoms with Crippen molar-refractivity contribution < 1.29 is 9.53 Å². The molecule has 0 aromatic carbocycles. The van der Waals surface area contributed by atoms with Gasteiger partial charge in [0.25, 0.3) is 0 Å². The Bertz CT molecular complexity index is 365. The van der Waals surface area contributed by atoms with Crippen LogP contribution in [0.25, 0.3) is 0 Å². The van der Waals surface area contributed by atoms with Gasteiger partial charge in [0.1, 0.15) is 5.60 Å². The third-order valence-corrected chi connectivity index (χ3v) is 5.18. The predicted molar refractivity (Wildman–Crippen MR) is 84.2 cm³/mol. The number of amides is 1. The highest BCUT2D eigenvalue weighted by Crippen LogP contribution is 2.35. The summed E-state index contributed by atoms with van der Waals surface area (Å²) in [6.07, 6.45) is 1.93. The van der Waals surface area contributed by atoms with Crippen LogP contribution in [0.1, 0.15) is 47.5 Å². The van der Waals surface area contributed by atoms with Crippen LogP contribution >= 0.6 is 11.8 Å². The Morgan fingerprint density at radius 1 is 1.30 bits per heavy atom. The normalized spacial score (nSPS) is 32.5. The summed E-state index contributed by atoms with van der Waals surface area (Å²) in [6.45, 7) is 10.3. The van der Waals surface area contributed by atoms with Crippen molar-refractivity contribution in [2.24, 2.45) is 5.41 Å². The largest absolute Gasteiger partial charge is 0.444 e. The topological polar surface area (TPSA) is 50.4 Å². The molecule has 0 bridgehead atoms.